The molecule has 0 atom stereocenters. The second-order valence-electron chi connectivity index (χ2n) is 8.96. The molecule has 3 aromatic heterocycles. The van der Waals surface area contributed by atoms with Gasteiger partial charge in [-0.3, -0.25) is 18.7 Å². The number of pyridine rings is 1. The van der Waals surface area contributed by atoms with Crippen molar-refractivity contribution in [1.29, 1.82) is 0 Å². The maximum atomic E-state index is 12.6. The molecule has 1 N–H and O–H groups in total. The number of amides is 1. The van der Waals surface area contributed by atoms with Crippen molar-refractivity contribution >= 4 is 17.5 Å². The highest BCUT2D eigenvalue weighted by molar-refractivity contribution is 6.00. The van der Waals surface area contributed by atoms with E-state index in [9.17, 15) is 22.8 Å². The van der Waals surface area contributed by atoms with Crippen molar-refractivity contribution < 1.29 is 37.0 Å². The Bertz CT molecular complexity index is 1520. The number of hydrogen-bond donors (Lipinski definition) is 1. The molecule has 1 amide bonds. The number of ether oxygens (including phenoxy) is 3. The number of alkyl halides is 3. The van der Waals surface area contributed by atoms with Crippen molar-refractivity contribution in [3.8, 4) is 33.9 Å². The van der Waals surface area contributed by atoms with E-state index in [0.717, 1.165) is 24.0 Å². The molecule has 1 aliphatic carbocycles. The standard InChI is InChI=1S/C26H24F3N5O5/c1-37-20-7-16(8-21(38-2)24(20)25(36)31-14-26(27,28)29)19-11-30-22-9-15(5-6-34(19)22)17-10-32-33(12-17)13-23(35)39-18-3-4-18/h5-12,18H,3-4,13-14H2,1-2H3,(H,31,36). The molecule has 0 spiro atoms. The number of carbonyl (C=O) groups is 2. The van der Waals surface area contributed by atoms with Crippen LogP contribution < -0.4 is 14.8 Å². The molecule has 0 radical (unpaired) electrons. The summed E-state index contributed by atoms with van der Waals surface area (Å²) in [5.41, 5.74) is 3.27. The van der Waals surface area contributed by atoms with Gasteiger partial charge in [-0.2, -0.15) is 18.3 Å². The number of nitrogens with zero attached hydrogens (tertiary/aromatic N) is 4. The van der Waals surface area contributed by atoms with E-state index in [0.29, 0.717) is 16.9 Å². The molecular formula is C26H24F3N5O5. The molecule has 1 fully saturated rings. The van der Waals surface area contributed by atoms with Gasteiger partial charge in [0.1, 0.15) is 41.9 Å². The highest BCUT2D eigenvalue weighted by Gasteiger charge is 2.30. The summed E-state index contributed by atoms with van der Waals surface area (Å²) >= 11 is 0. The van der Waals surface area contributed by atoms with E-state index in [4.69, 9.17) is 14.2 Å². The van der Waals surface area contributed by atoms with E-state index >= 15 is 0 Å². The summed E-state index contributed by atoms with van der Waals surface area (Å²) in [7, 11) is 2.62. The predicted molar refractivity (Wildman–Crippen MR) is 132 cm³/mol. The first-order chi connectivity index (χ1) is 18.6. The first kappa shape index (κ1) is 26.1. The summed E-state index contributed by atoms with van der Waals surface area (Å²) in [6.07, 6.45) is 4.11. The number of esters is 1. The average molecular weight is 544 g/mol. The molecule has 204 valence electrons. The summed E-state index contributed by atoms with van der Waals surface area (Å²) in [6, 6.07) is 6.77. The summed E-state index contributed by atoms with van der Waals surface area (Å²) in [4.78, 5) is 29.0. The van der Waals surface area contributed by atoms with Gasteiger partial charge in [-0.15, -0.1) is 0 Å². The van der Waals surface area contributed by atoms with Gasteiger partial charge in [-0.05, 0) is 42.7 Å². The Hall–Kier alpha value is -4.55. The zero-order valence-corrected chi connectivity index (χ0v) is 21.0. The molecule has 0 saturated heterocycles. The number of nitrogens with one attached hydrogen (secondary N) is 1. The minimum Gasteiger partial charge on any atom is -0.496 e. The van der Waals surface area contributed by atoms with Crippen LogP contribution in [0, 0.1) is 0 Å². The predicted octanol–water partition coefficient (Wildman–Crippen LogP) is 3.88. The van der Waals surface area contributed by atoms with E-state index < -0.39 is 18.6 Å². The van der Waals surface area contributed by atoms with Crippen LogP contribution in [0.2, 0.25) is 0 Å². The van der Waals surface area contributed by atoms with E-state index in [1.807, 2.05) is 17.4 Å². The molecule has 0 bridgehead atoms. The molecule has 1 saturated carbocycles. The van der Waals surface area contributed by atoms with Crippen LogP contribution in [-0.2, 0) is 16.1 Å². The Morgan fingerprint density at radius 3 is 2.41 bits per heavy atom. The number of rotatable bonds is 9. The molecule has 5 rings (SSSR count). The molecule has 3 heterocycles. The van der Waals surface area contributed by atoms with Crippen LogP contribution in [0.5, 0.6) is 11.5 Å². The Balaban J connectivity index is 1.41. The van der Waals surface area contributed by atoms with Crippen LogP contribution in [0.15, 0.2) is 49.1 Å². The summed E-state index contributed by atoms with van der Waals surface area (Å²) < 4.78 is 57.1. The number of fused-ring (bicyclic) bond motifs is 1. The fourth-order valence-electron chi connectivity index (χ4n) is 4.07. The Kier molecular flexibility index (Phi) is 6.89. The van der Waals surface area contributed by atoms with Crippen LogP contribution in [0.25, 0.3) is 28.0 Å². The lowest BCUT2D eigenvalue weighted by Gasteiger charge is -2.16. The van der Waals surface area contributed by atoms with E-state index in [-0.39, 0.29) is 35.7 Å². The third-order valence-electron chi connectivity index (χ3n) is 6.07. The molecular weight excluding hydrogens is 519 g/mol. The summed E-state index contributed by atoms with van der Waals surface area (Å²) in [5.74, 6) is -1.21. The Labute approximate surface area is 220 Å². The first-order valence-corrected chi connectivity index (χ1v) is 12.0. The quantitative estimate of drug-likeness (QED) is 0.319. The van der Waals surface area contributed by atoms with Gasteiger partial charge in [-0.25, -0.2) is 4.98 Å². The largest absolute Gasteiger partial charge is 0.496 e. The van der Waals surface area contributed by atoms with Gasteiger partial charge in [0, 0.05) is 23.5 Å². The molecule has 1 aliphatic rings. The highest BCUT2D eigenvalue weighted by Crippen LogP contribution is 2.36. The van der Waals surface area contributed by atoms with E-state index in [2.05, 4.69) is 10.1 Å². The second kappa shape index (κ2) is 10.3. The van der Waals surface area contributed by atoms with Crippen molar-refractivity contribution in [1.82, 2.24) is 24.5 Å². The maximum absolute atomic E-state index is 12.6. The van der Waals surface area contributed by atoms with Gasteiger partial charge in [-0.1, -0.05) is 0 Å². The van der Waals surface area contributed by atoms with Crippen molar-refractivity contribution in [3.05, 3.63) is 54.6 Å². The van der Waals surface area contributed by atoms with E-state index in [1.165, 1.54) is 31.0 Å². The van der Waals surface area contributed by atoms with E-state index in [1.54, 1.807) is 29.2 Å². The molecule has 39 heavy (non-hydrogen) atoms. The number of imidazole rings is 1. The fraction of sp³-hybridized carbons (Fsp3) is 0.308. The summed E-state index contributed by atoms with van der Waals surface area (Å²) in [5, 5.41) is 6.09. The van der Waals surface area contributed by atoms with Gasteiger partial charge in [0.05, 0.1) is 32.3 Å². The minimum absolute atomic E-state index is 0.0279. The Morgan fingerprint density at radius 2 is 1.77 bits per heavy atom. The smallest absolute Gasteiger partial charge is 0.405 e. The van der Waals surface area contributed by atoms with Crippen LogP contribution in [-0.4, -0.2) is 64.1 Å². The minimum atomic E-state index is -4.56. The van der Waals surface area contributed by atoms with Gasteiger partial charge in [0.25, 0.3) is 5.91 Å². The van der Waals surface area contributed by atoms with Crippen molar-refractivity contribution in [2.45, 2.75) is 31.7 Å². The SMILES string of the molecule is COc1cc(-c2cnc3cc(-c4cnn(CC(=O)OC5CC5)c4)ccn23)cc(OC)c1C(=O)NCC(F)(F)F. The number of hydrogen-bond acceptors (Lipinski definition) is 7. The fourth-order valence-corrected chi connectivity index (χ4v) is 4.07. The number of aromatic nitrogens is 4. The van der Waals surface area contributed by atoms with Crippen molar-refractivity contribution in [3.63, 3.8) is 0 Å². The second-order valence-corrected chi connectivity index (χ2v) is 8.96. The average Bonchev–Trinajstić information content (AvgIpc) is 3.42. The third-order valence-corrected chi connectivity index (χ3v) is 6.07. The number of benzene rings is 1. The van der Waals surface area contributed by atoms with Crippen molar-refractivity contribution in [2.24, 2.45) is 0 Å². The molecule has 0 unspecified atom stereocenters. The van der Waals surface area contributed by atoms with Gasteiger partial charge < -0.3 is 19.5 Å². The van der Waals surface area contributed by atoms with Crippen LogP contribution in [0.3, 0.4) is 0 Å². The van der Waals surface area contributed by atoms with Crippen LogP contribution >= 0.6 is 0 Å². The first-order valence-electron chi connectivity index (χ1n) is 12.0. The highest BCUT2D eigenvalue weighted by atomic mass is 19.4. The zero-order chi connectivity index (χ0) is 27.7. The normalized spacial score (nSPS) is 13.4. The number of halogens is 3. The molecule has 13 heteroatoms. The lowest BCUT2D eigenvalue weighted by molar-refractivity contribution is -0.145. The number of carbonyl (C=O) groups excluding carboxylic acids is 2. The number of methoxy groups -OCH3 is 2. The molecule has 0 aliphatic heterocycles. The molecule has 10 nitrogen and oxygen atoms in total. The van der Waals surface area contributed by atoms with Gasteiger partial charge >= 0.3 is 12.1 Å². The maximum Gasteiger partial charge on any atom is 0.405 e. The summed E-state index contributed by atoms with van der Waals surface area (Å²) in [6.45, 7) is -1.46. The Morgan fingerprint density at radius 1 is 1.05 bits per heavy atom. The topological polar surface area (TPSA) is 109 Å². The molecule has 1 aromatic carbocycles. The molecule has 4 aromatic rings. The van der Waals surface area contributed by atoms with Gasteiger partial charge in [0.15, 0.2) is 0 Å². The zero-order valence-electron chi connectivity index (χ0n) is 21.0. The lowest BCUT2D eigenvalue weighted by atomic mass is 10.1. The van der Waals surface area contributed by atoms with Crippen LogP contribution in [0.1, 0.15) is 23.2 Å². The van der Waals surface area contributed by atoms with Crippen LogP contribution in [0.4, 0.5) is 13.2 Å². The third kappa shape index (κ3) is 5.81. The van der Waals surface area contributed by atoms with Gasteiger partial charge in [0.2, 0.25) is 0 Å². The van der Waals surface area contributed by atoms with Crippen molar-refractivity contribution in [2.75, 3.05) is 20.8 Å². The monoisotopic (exact) mass is 543 g/mol. The lowest BCUT2D eigenvalue weighted by Crippen LogP contribution is -2.34.